The second-order valence-corrected chi connectivity index (χ2v) is 7.24. The van der Waals surface area contributed by atoms with Gasteiger partial charge in [0, 0.05) is 23.2 Å². The van der Waals surface area contributed by atoms with Crippen LogP contribution in [-0.4, -0.2) is 30.1 Å². The Labute approximate surface area is 148 Å². The normalized spacial score (nSPS) is 26.3. The molecule has 126 valence electrons. The first kappa shape index (κ1) is 15.8. The van der Waals surface area contributed by atoms with Crippen LogP contribution in [0.25, 0.3) is 0 Å². The largest absolute Gasteiger partial charge is 0.490 e. The van der Waals surface area contributed by atoms with Crippen LogP contribution in [0, 0.1) is 0 Å². The van der Waals surface area contributed by atoms with E-state index < -0.39 is 0 Å². The van der Waals surface area contributed by atoms with Crippen LogP contribution in [0.2, 0.25) is 5.02 Å². The topological polar surface area (TPSA) is 21.7 Å². The third-order valence-electron chi connectivity index (χ3n) is 5.18. The zero-order valence-electron chi connectivity index (χ0n) is 13.8. The summed E-state index contributed by atoms with van der Waals surface area (Å²) in [5.41, 5.74) is 0. The van der Waals surface area contributed by atoms with Gasteiger partial charge in [-0.2, -0.15) is 0 Å². The number of benzene rings is 2. The Hall–Kier alpha value is -1.71. The molecule has 24 heavy (non-hydrogen) atoms. The van der Waals surface area contributed by atoms with Crippen LogP contribution in [0.5, 0.6) is 17.2 Å². The zero-order valence-corrected chi connectivity index (χ0v) is 14.6. The summed E-state index contributed by atoms with van der Waals surface area (Å²) in [6.07, 6.45) is 5.03. The molecule has 2 aliphatic heterocycles. The van der Waals surface area contributed by atoms with Gasteiger partial charge in [0.15, 0.2) is 0 Å². The second-order valence-electron chi connectivity index (χ2n) is 6.80. The lowest BCUT2D eigenvalue weighted by molar-refractivity contribution is 0.0661. The van der Waals surface area contributed by atoms with Crippen molar-refractivity contribution >= 4 is 11.6 Å². The van der Waals surface area contributed by atoms with Gasteiger partial charge in [-0.05, 0) is 57.0 Å². The van der Waals surface area contributed by atoms with E-state index in [0.717, 1.165) is 24.3 Å². The Balaban J connectivity index is 1.47. The van der Waals surface area contributed by atoms with Crippen LogP contribution < -0.4 is 9.47 Å². The molecule has 2 aromatic rings. The Kier molecular flexibility index (Phi) is 4.38. The molecule has 0 aliphatic carbocycles. The highest BCUT2D eigenvalue weighted by molar-refractivity contribution is 6.30. The maximum absolute atomic E-state index is 6.26. The Morgan fingerprint density at radius 2 is 1.58 bits per heavy atom. The highest BCUT2D eigenvalue weighted by Crippen LogP contribution is 2.37. The van der Waals surface area contributed by atoms with E-state index in [1.807, 2.05) is 48.5 Å². The number of nitrogens with zero attached hydrogens (tertiary/aromatic N) is 1. The van der Waals surface area contributed by atoms with Gasteiger partial charge in [0.05, 0.1) is 0 Å². The van der Waals surface area contributed by atoms with Gasteiger partial charge < -0.3 is 14.4 Å². The number of para-hydroxylation sites is 1. The van der Waals surface area contributed by atoms with E-state index in [9.17, 15) is 0 Å². The highest BCUT2D eigenvalue weighted by Gasteiger charge is 2.39. The fourth-order valence-corrected chi connectivity index (χ4v) is 4.15. The monoisotopic (exact) mass is 343 g/mol. The predicted octanol–water partition coefficient (Wildman–Crippen LogP) is 5.14. The summed E-state index contributed by atoms with van der Waals surface area (Å²) >= 11 is 6.26. The minimum absolute atomic E-state index is 0.266. The fourth-order valence-electron chi connectivity index (χ4n) is 3.94. The molecule has 2 saturated heterocycles. The second kappa shape index (κ2) is 6.66. The molecule has 2 aliphatic rings. The molecular formula is C20H22ClNO2. The summed E-state index contributed by atoms with van der Waals surface area (Å²) in [4.78, 5) is 2.52. The van der Waals surface area contributed by atoms with E-state index in [1.165, 1.54) is 12.8 Å². The van der Waals surface area contributed by atoms with Crippen LogP contribution in [-0.2, 0) is 0 Å². The smallest absolute Gasteiger partial charge is 0.132 e. The molecule has 0 N–H and O–H groups in total. The quantitative estimate of drug-likeness (QED) is 0.767. The molecule has 0 saturated carbocycles. The van der Waals surface area contributed by atoms with Crippen LogP contribution in [0.1, 0.15) is 25.7 Å². The third-order valence-corrected chi connectivity index (χ3v) is 5.40. The number of piperidine rings is 1. The van der Waals surface area contributed by atoms with Crippen molar-refractivity contribution in [3.8, 4) is 17.2 Å². The van der Waals surface area contributed by atoms with E-state index in [0.29, 0.717) is 22.9 Å². The molecule has 2 heterocycles. The van der Waals surface area contributed by atoms with Crippen molar-refractivity contribution in [2.75, 3.05) is 7.05 Å². The van der Waals surface area contributed by atoms with Gasteiger partial charge in [0.1, 0.15) is 23.4 Å². The molecule has 4 heteroatoms. The molecule has 0 radical (unpaired) electrons. The van der Waals surface area contributed by atoms with Crippen molar-refractivity contribution in [1.29, 1.82) is 0 Å². The fraction of sp³-hybridized carbons (Fsp3) is 0.400. The van der Waals surface area contributed by atoms with Crippen molar-refractivity contribution in [3.63, 3.8) is 0 Å². The Morgan fingerprint density at radius 3 is 2.29 bits per heavy atom. The molecular weight excluding hydrogens is 322 g/mol. The van der Waals surface area contributed by atoms with Crippen molar-refractivity contribution < 1.29 is 9.47 Å². The van der Waals surface area contributed by atoms with Gasteiger partial charge in [-0.15, -0.1) is 0 Å². The van der Waals surface area contributed by atoms with Gasteiger partial charge in [0.25, 0.3) is 0 Å². The maximum atomic E-state index is 6.26. The molecule has 4 rings (SSSR count). The van der Waals surface area contributed by atoms with Crippen LogP contribution >= 0.6 is 11.6 Å². The molecule has 1 unspecified atom stereocenters. The molecule has 3 atom stereocenters. The molecule has 2 fully saturated rings. The number of fused-ring (bicyclic) bond motifs is 2. The average molecular weight is 344 g/mol. The first-order valence-corrected chi connectivity index (χ1v) is 8.97. The lowest BCUT2D eigenvalue weighted by Crippen LogP contribution is -2.43. The first-order valence-electron chi connectivity index (χ1n) is 8.59. The molecule has 0 amide bonds. The van der Waals surface area contributed by atoms with Gasteiger partial charge in [-0.1, -0.05) is 29.8 Å². The van der Waals surface area contributed by atoms with E-state index in [2.05, 4.69) is 11.9 Å². The Bertz CT molecular complexity index is 692. The summed E-state index contributed by atoms with van der Waals surface area (Å²) in [6.45, 7) is 0. The molecule has 3 nitrogen and oxygen atoms in total. The Morgan fingerprint density at radius 1 is 0.917 bits per heavy atom. The number of hydrogen-bond donors (Lipinski definition) is 0. The summed E-state index contributed by atoms with van der Waals surface area (Å²) in [5, 5.41) is 0.634. The zero-order chi connectivity index (χ0) is 16.5. The molecule has 2 bridgehead atoms. The number of hydrogen-bond acceptors (Lipinski definition) is 3. The SMILES string of the molecule is CN1[C@@H]2CC[C@H]1CC(Oc1cc(Cl)cc(Oc3ccccc3)c1)C2. The molecule has 2 aromatic carbocycles. The van der Waals surface area contributed by atoms with E-state index in [-0.39, 0.29) is 6.10 Å². The standard InChI is InChI=1S/C20H22ClNO2/c1-22-15-7-8-16(22)12-20(11-15)24-19-10-14(21)9-18(13-19)23-17-5-3-2-4-6-17/h2-6,9-10,13,15-16,20H,7-8,11-12H2,1H3/t15-,16+,20?. The lowest BCUT2D eigenvalue weighted by Gasteiger charge is -2.36. The van der Waals surface area contributed by atoms with Gasteiger partial charge in [0.2, 0.25) is 0 Å². The number of ether oxygens (including phenoxy) is 2. The summed E-state index contributed by atoms with van der Waals surface area (Å²) in [5.74, 6) is 2.30. The van der Waals surface area contributed by atoms with Gasteiger partial charge >= 0.3 is 0 Å². The predicted molar refractivity (Wildman–Crippen MR) is 96.2 cm³/mol. The third kappa shape index (κ3) is 3.38. The van der Waals surface area contributed by atoms with Crippen LogP contribution in [0.3, 0.4) is 0 Å². The van der Waals surface area contributed by atoms with Gasteiger partial charge in [-0.3, -0.25) is 0 Å². The number of halogens is 1. The summed E-state index contributed by atoms with van der Waals surface area (Å²) in [7, 11) is 2.24. The van der Waals surface area contributed by atoms with E-state index in [1.54, 1.807) is 0 Å². The van der Waals surface area contributed by atoms with Crippen molar-refractivity contribution in [3.05, 3.63) is 53.6 Å². The van der Waals surface area contributed by atoms with Crippen LogP contribution in [0.4, 0.5) is 0 Å². The maximum Gasteiger partial charge on any atom is 0.132 e. The summed E-state index contributed by atoms with van der Waals surface area (Å²) < 4.78 is 12.1. The van der Waals surface area contributed by atoms with E-state index >= 15 is 0 Å². The average Bonchev–Trinajstić information content (AvgIpc) is 2.77. The van der Waals surface area contributed by atoms with Crippen molar-refractivity contribution in [1.82, 2.24) is 4.90 Å². The lowest BCUT2D eigenvalue weighted by atomic mass is 10.0. The highest BCUT2D eigenvalue weighted by atomic mass is 35.5. The van der Waals surface area contributed by atoms with Crippen molar-refractivity contribution in [2.45, 2.75) is 43.9 Å². The van der Waals surface area contributed by atoms with Crippen LogP contribution in [0.15, 0.2) is 48.5 Å². The number of rotatable bonds is 4. The van der Waals surface area contributed by atoms with Crippen molar-refractivity contribution in [2.24, 2.45) is 0 Å². The minimum atomic E-state index is 0.266. The molecule has 0 aromatic heterocycles. The van der Waals surface area contributed by atoms with Gasteiger partial charge in [-0.25, -0.2) is 0 Å². The minimum Gasteiger partial charge on any atom is -0.490 e. The first-order chi connectivity index (χ1) is 11.7. The van der Waals surface area contributed by atoms with E-state index in [4.69, 9.17) is 21.1 Å². The summed E-state index contributed by atoms with van der Waals surface area (Å²) in [6, 6.07) is 16.7. The molecule has 0 spiro atoms.